The van der Waals surface area contributed by atoms with Crippen molar-refractivity contribution in [3.63, 3.8) is 0 Å². The molecule has 0 bridgehead atoms. The second kappa shape index (κ2) is 9.04. The molecule has 5 nitrogen and oxygen atoms in total. The van der Waals surface area contributed by atoms with Crippen molar-refractivity contribution < 1.29 is 4.42 Å². The smallest absolute Gasteiger partial charge is 0.137 e. The van der Waals surface area contributed by atoms with Crippen LogP contribution in [0.4, 0.5) is 11.4 Å². The molecule has 1 atom stereocenters. The minimum absolute atomic E-state index is 0.312. The SMILES string of the molecule is N#CC1=C2Sc3ccccc3N2C(=N)/C(=C2\Nc3ccccc3S2)C1c1ccc(-c2ccc(Cl)cc2Cl)o1. The zero-order valence-electron chi connectivity index (χ0n) is 19.5. The van der Waals surface area contributed by atoms with Crippen molar-refractivity contribution in [1.29, 1.82) is 10.7 Å². The number of benzene rings is 3. The van der Waals surface area contributed by atoms with Gasteiger partial charge < -0.3 is 9.73 Å². The van der Waals surface area contributed by atoms with E-state index in [0.717, 1.165) is 31.2 Å². The maximum absolute atomic E-state index is 10.5. The third-order valence-electron chi connectivity index (χ3n) is 6.62. The van der Waals surface area contributed by atoms with Gasteiger partial charge in [-0.25, -0.2) is 0 Å². The number of anilines is 2. The van der Waals surface area contributed by atoms with Crippen LogP contribution in [0.2, 0.25) is 10.0 Å². The van der Waals surface area contributed by atoms with Gasteiger partial charge in [-0.1, -0.05) is 71.0 Å². The second-order valence-electron chi connectivity index (χ2n) is 8.81. The van der Waals surface area contributed by atoms with Crippen LogP contribution in [-0.2, 0) is 0 Å². The Bertz CT molecular complexity index is 1760. The average molecular weight is 572 g/mol. The van der Waals surface area contributed by atoms with Gasteiger partial charge in [-0.2, -0.15) is 5.26 Å². The number of hydrogen-bond acceptors (Lipinski definition) is 6. The lowest BCUT2D eigenvalue weighted by molar-refractivity contribution is 0.515. The Morgan fingerprint density at radius 2 is 1.74 bits per heavy atom. The fourth-order valence-electron chi connectivity index (χ4n) is 4.93. The molecule has 3 aromatic carbocycles. The van der Waals surface area contributed by atoms with Crippen LogP contribution < -0.4 is 10.2 Å². The van der Waals surface area contributed by atoms with Crippen LogP contribution in [0.5, 0.6) is 0 Å². The first-order valence-electron chi connectivity index (χ1n) is 11.7. The van der Waals surface area contributed by atoms with Crippen LogP contribution in [-0.4, -0.2) is 5.84 Å². The molecule has 2 N–H and O–H groups in total. The van der Waals surface area contributed by atoms with Crippen molar-refractivity contribution in [2.24, 2.45) is 0 Å². The number of nitrogens with zero attached hydrogens (tertiary/aromatic N) is 2. The van der Waals surface area contributed by atoms with E-state index in [1.807, 2.05) is 71.6 Å². The molecule has 0 aliphatic carbocycles. The molecule has 3 aliphatic rings. The molecule has 38 heavy (non-hydrogen) atoms. The molecule has 4 aromatic rings. The molecule has 7 rings (SSSR count). The zero-order chi connectivity index (χ0) is 26.0. The third kappa shape index (κ3) is 3.60. The van der Waals surface area contributed by atoms with Gasteiger partial charge >= 0.3 is 0 Å². The molecule has 0 amide bonds. The van der Waals surface area contributed by atoms with Crippen LogP contribution in [0.25, 0.3) is 11.3 Å². The molecule has 1 aromatic heterocycles. The van der Waals surface area contributed by atoms with Crippen LogP contribution in [0.15, 0.2) is 114 Å². The van der Waals surface area contributed by atoms with Gasteiger partial charge in [-0.05, 0) is 54.6 Å². The summed E-state index contributed by atoms with van der Waals surface area (Å²) in [5.41, 5.74) is 3.80. The maximum Gasteiger partial charge on any atom is 0.137 e. The van der Waals surface area contributed by atoms with E-state index in [2.05, 4.69) is 11.4 Å². The Kier molecular flexibility index (Phi) is 5.60. The highest BCUT2D eigenvalue weighted by Crippen LogP contribution is 2.56. The molecule has 0 saturated heterocycles. The van der Waals surface area contributed by atoms with Gasteiger partial charge in [0.25, 0.3) is 0 Å². The van der Waals surface area contributed by atoms with E-state index in [1.165, 1.54) is 11.8 Å². The van der Waals surface area contributed by atoms with Crippen LogP contribution in [0.1, 0.15) is 11.7 Å². The summed E-state index contributed by atoms with van der Waals surface area (Å²) in [6, 6.07) is 27.4. The molecule has 1 unspecified atom stereocenters. The Labute approximate surface area is 237 Å². The van der Waals surface area contributed by atoms with E-state index < -0.39 is 5.92 Å². The highest BCUT2D eigenvalue weighted by molar-refractivity contribution is 8.04. The first kappa shape index (κ1) is 23.6. The summed E-state index contributed by atoms with van der Waals surface area (Å²) in [6.45, 7) is 0. The quantitative estimate of drug-likeness (QED) is 0.250. The largest absolute Gasteiger partial charge is 0.460 e. The summed E-state index contributed by atoms with van der Waals surface area (Å²) in [5.74, 6) is 0.869. The third-order valence-corrected chi connectivity index (χ3v) is 9.43. The molecule has 0 spiro atoms. The number of allylic oxidation sites excluding steroid dienone is 1. The molecular formula is C29H16Cl2N4OS2. The van der Waals surface area contributed by atoms with E-state index in [9.17, 15) is 10.7 Å². The number of amidine groups is 1. The van der Waals surface area contributed by atoms with E-state index in [1.54, 1.807) is 23.9 Å². The minimum atomic E-state index is -0.579. The van der Waals surface area contributed by atoms with Crippen LogP contribution in [0.3, 0.4) is 0 Å². The molecule has 9 heteroatoms. The highest BCUT2D eigenvalue weighted by atomic mass is 35.5. The monoisotopic (exact) mass is 570 g/mol. The Morgan fingerprint density at radius 3 is 2.53 bits per heavy atom. The standard InChI is InChI=1S/C29H16Cl2N4OS2/c30-15-9-10-16(18(31)13-15)21-11-12-22(36-21)25-17(14-32)29-35(20-6-2-4-8-24(20)38-29)27(33)26(25)28-34-19-5-1-3-7-23(19)37-28/h1-13,25,33-34H/b28-26+,33-27?. The number of fused-ring (bicyclic) bond motifs is 4. The second-order valence-corrected chi connectivity index (χ2v) is 11.7. The van der Waals surface area contributed by atoms with Gasteiger partial charge in [0.05, 0.1) is 39.0 Å². The molecule has 3 aliphatic heterocycles. The van der Waals surface area contributed by atoms with E-state index in [0.29, 0.717) is 44.1 Å². The van der Waals surface area contributed by atoms with Gasteiger partial charge in [0.1, 0.15) is 22.4 Å². The van der Waals surface area contributed by atoms with Crippen molar-refractivity contribution in [2.45, 2.75) is 15.7 Å². The van der Waals surface area contributed by atoms with Crippen molar-refractivity contribution in [1.82, 2.24) is 0 Å². The molecule has 184 valence electrons. The normalized spacial score (nSPS) is 19.7. The molecule has 0 radical (unpaired) electrons. The lowest BCUT2D eigenvalue weighted by Crippen LogP contribution is -2.36. The Morgan fingerprint density at radius 1 is 0.947 bits per heavy atom. The summed E-state index contributed by atoms with van der Waals surface area (Å²) in [5, 5.41) is 26.0. The van der Waals surface area contributed by atoms with Crippen molar-refractivity contribution >= 4 is 63.9 Å². The van der Waals surface area contributed by atoms with Crippen LogP contribution in [0, 0.1) is 16.7 Å². The molecule has 4 heterocycles. The van der Waals surface area contributed by atoms with Crippen molar-refractivity contribution in [3.05, 3.63) is 116 Å². The van der Waals surface area contributed by atoms with Crippen molar-refractivity contribution in [3.8, 4) is 17.4 Å². The average Bonchev–Trinajstić information content (AvgIpc) is 3.65. The maximum atomic E-state index is 10.5. The number of thioether (sulfide) groups is 2. The number of hydrogen-bond donors (Lipinski definition) is 2. The summed E-state index contributed by atoms with van der Waals surface area (Å²) in [7, 11) is 0. The Hall–Kier alpha value is -3.54. The van der Waals surface area contributed by atoms with Gasteiger partial charge in [-0.3, -0.25) is 10.3 Å². The summed E-state index contributed by atoms with van der Waals surface area (Å²) >= 11 is 15.6. The number of halogens is 2. The number of furan rings is 1. The number of rotatable bonds is 2. The molecule has 0 fully saturated rings. The molecular weight excluding hydrogens is 555 g/mol. The van der Waals surface area contributed by atoms with Gasteiger partial charge in [0.2, 0.25) is 0 Å². The summed E-state index contributed by atoms with van der Waals surface area (Å²) in [6.07, 6.45) is 0. The van der Waals surface area contributed by atoms with Crippen LogP contribution >= 0.6 is 46.7 Å². The predicted molar refractivity (Wildman–Crippen MR) is 155 cm³/mol. The van der Waals surface area contributed by atoms with E-state index in [4.69, 9.17) is 27.6 Å². The lowest BCUT2D eigenvalue weighted by Gasteiger charge is -2.33. The summed E-state index contributed by atoms with van der Waals surface area (Å²) in [4.78, 5) is 3.95. The fraction of sp³-hybridized carbons (Fsp3) is 0.0345. The van der Waals surface area contributed by atoms with Gasteiger partial charge in [0, 0.05) is 26.0 Å². The summed E-state index contributed by atoms with van der Waals surface area (Å²) < 4.78 is 6.39. The molecule has 0 saturated carbocycles. The number of para-hydroxylation sites is 2. The van der Waals surface area contributed by atoms with Gasteiger partial charge in [-0.15, -0.1) is 0 Å². The predicted octanol–water partition coefficient (Wildman–Crippen LogP) is 9.10. The number of nitrogens with one attached hydrogen (secondary N) is 2. The van der Waals surface area contributed by atoms with E-state index >= 15 is 0 Å². The first-order chi connectivity index (χ1) is 18.5. The Balaban J connectivity index is 1.43. The number of nitriles is 1. The fourth-order valence-corrected chi connectivity index (χ4v) is 7.68. The lowest BCUT2D eigenvalue weighted by atomic mass is 9.86. The van der Waals surface area contributed by atoms with Gasteiger partial charge in [0.15, 0.2) is 0 Å². The first-order valence-corrected chi connectivity index (χ1v) is 14.1. The highest BCUT2D eigenvalue weighted by Gasteiger charge is 2.45. The topological polar surface area (TPSA) is 76.1 Å². The van der Waals surface area contributed by atoms with Crippen molar-refractivity contribution in [2.75, 3.05) is 10.2 Å². The zero-order valence-corrected chi connectivity index (χ0v) is 22.6. The van der Waals surface area contributed by atoms with E-state index in [-0.39, 0.29) is 0 Å². The minimum Gasteiger partial charge on any atom is -0.460 e.